The van der Waals surface area contributed by atoms with Crippen LogP contribution in [0.2, 0.25) is 0 Å². The molecule has 9 aromatic carbocycles. The molecule has 0 saturated heterocycles. The molecule has 0 saturated carbocycles. The van der Waals surface area contributed by atoms with Gasteiger partial charge < -0.3 is 83.3 Å². The van der Waals surface area contributed by atoms with Crippen LogP contribution in [0.15, 0.2) is 157 Å². The third-order valence-electron chi connectivity index (χ3n) is 20.2. The quantitative estimate of drug-likeness (QED) is 0.0793. The lowest BCUT2D eigenvalue weighted by atomic mass is 9.84. The maximum absolute atomic E-state index is 14.8. The normalized spacial score (nSPS) is 14.4. The first kappa shape index (κ1) is 72.1. The predicted octanol–water partition coefficient (Wildman–Crippen LogP) is 13.1. The highest BCUT2D eigenvalue weighted by Gasteiger charge is 2.39. The van der Waals surface area contributed by atoms with Crippen LogP contribution in [0.5, 0.6) is 69.0 Å². The second-order valence-electron chi connectivity index (χ2n) is 26.0. The van der Waals surface area contributed by atoms with Crippen molar-refractivity contribution in [2.24, 2.45) is 0 Å². The molecule has 0 fully saturated rings. The summed E-state index contributed by atoms with van der Waals surface area (Å²) >= 11 is 3.17. The van der Waals surface area contributed by atoms with Crippen molar-refractivity contribution < 1.29 is 96.4 Å². The fourth-order valence-corrected chi connectivity index (χ4v) is 15.8. The van der Waals surface area contributed by atoms with Crippen molar-refractivity contribution in [3.05, 3.63) is 241 Å². The summed E-state index contributed by atoms with van der Waals surface area (Å²) in [6.07, 6.45) is 7.85. The van der Waals surface area contributed by atoms with Crippen molar-refractivity contribution in [1.82, 2.24) is 9.47 Å². The average Bonchev–Trinajstić information content (AvgIpc) is 0.926. The number of aryl methyl sites for hydroxylation is 3. The minimum atomic E-state index is -0.289. The summed E-state index contributed by atoms with van der Waals surface area (Å²) in [6.45, 7) is 4.39. The van der Waals surface area contributed by atoms with Gasteiger partial charge in [0.2, 0.25) is 26.1 Å². The van der Waals surface area contributed by atoms with E-state index in [2.05, 4.69) is 61.9 Å². The molecule has 0 spiro atoms. The third-order valence-corrected chi connectivity index (χ3v) is 20.8. The Labute approximate surface area is 628 Å². The Morgan fingerprint density at radius 1 is 0.528 bits per heavy atom. The number of alkyl halides is 1. The van der Waals surface area contributed by atoms with Gasteiger partial charge in [0, 0.05) is 77.4 Å². The number of ether oxygens (including phenoxy) is 12. The molecule has 2 aromatic heterocycles. The number of pyridine rings is 2. The standard InChI is InChI=1S/C27H22FNO5.C27H23FNO4.C23H23NO5.C7H6BrF.BrH/c1-31-21-8-7-17-19(11-16-5-3-4-6-20(16)28)25-18-13-23-22(33-14-34-23)12-15(18)9-10-29(25)27(30)24(17)26(21)32-2;1-30-23-8-7-18-20(11-17-5-3-4-6-22(17)28)26-19-13-25-24(32-15-33-25)12-16(19)9-10-29(26)14-21(18)27(23)31-2;1-13(25)8-18-22-15(4-5-19(26-2)23(22)27-3)9-17-16-11-21-20(28-12-29-21)10-14(16)6-7-24(17)18;8-5-6-3-1-2-4-7(6)9;/h3-8,12-13H,9-11,14H2,1-2H3;3-8,12-14H,9-11,15H2,1-2H3;4-5,9-11,18H,6-8,12H2,1-3H3;1-4H,5H2;1H/q;+1;;;/p-1. The second-order valence-corrected chi connectivity index (χ2v) is 26.5. The molecule has 1 atom stereocenters. The molecule has 17 nitrogen and oxygen atoms in total. The number of hydrogen-bond donors (Lipinski definition) is 0. The van der Waals surface area contributed by atoms with Gasteiger partial charge in [0.1, 0.15) is 23.2 Å². The fourth-order valence-electron chi connectivity index (χ4n) is 15.4. The van der Waals surface area contributed by atoms with Gasteiger partial charge >= 0.3 is 0 Å². The molecule has 7 aliphatic heterocycles. The minimum absolute atomic E-state index is 0. The van der Waals surface area contributed by atoms with E-state index in [0.717, 1.165) is 121 Å². The molecular weight excluding hydrogens is 1490 g/mol. The maximum atomic E-state index is 14.8. The Balaban J connectivity index is 0.000000126. The van der Waals surface area contributed by atoms with Crippen LogP contribution >= 0.6 is 15.9 Å². The molecule has 18 rings (SSSR count). The van der Waals surface area contributed by atoms with Crippen molar-refractivity contribution in [3.8, 4) is 91.5 Å². The summed E-state index contributed by atoms with van der Waals surface area (Å²) in [4.78, 5) is 28.3. The number of hydrogen-bond acceptors (Lipinski definition) is 15. The van der Waals surface area contributed by atoms with E-state index in [1.165, 1.54) is 36.4 Å². The molecule has 0 radical (unpaired) electrons. The van der Waals surface area contributed by atoms with Gasteiger partial charge in [-0.2, -0.15) is 4.57 Å². The van der Waals surface area contributed by atoms with Crippen molar-refractivity contribution in [3.63, 3.8) is 0 Å². The molecule has 7 aliphatic rings. The van der Waals surface area contributed by atoms with E-state index in [4.69, 9.17) is 56.8 Å². The smallest absolute Gasteiger partial charge is 0.262 e. The number of halogens is 5. The van der Waals surface area contributed by atoms with E-state index < -0.39 is 0 Å². The molecule has 9 heterocycles. The number of nitrogens with zero attached hydrogens (tertiary/aromatic N) is 3. The SMILES string of the molecule is COc1ccc2c(Cc3ccccc3F)c3[n+](cc2c1OC)CCc1cc2c(cc1-3)OCO2.COc1ccc2c(Cc3ccccc3F)c3n(c(=O)c2c1OC)CCc1cc2c(cc1-3)OCO2.COc1ccc2c(c1OC)C(CC(C)=O)N1CCc3cc4c(cc3C1=C2)OCO4.Fc1ccccc1CBr.[Br-]. The largest absolute Gasteiger partial charge is 1.00 e. The highest BCUT2D eigenvalue weighted by atomic mass is 79.9. The van der Waals surface area contributed by atoms with Crippen molar-refractivity contribution in [2.45, 2.75) is 69.9 Å². The van der Waals surface area contributed by atoms with Gasteiger partial charge in [0.25, 0.3) is 5.56 Å². The van der Waals surface area contributed by atoms with E-state index in [9.17, 15) is 22.8 Å². The van der Waals surface area contributed by atoms with Crippen LogP contribution < -0.4 is 84.0 Å². The van der Waals surface area contributed by atoms with Crippen molar-refractivity contribution >= 4 is 55.0 Å². The summed E-state index contributed by atoms with van der Waals surface area (Å²) in [5.74, 6) is 7.53. The van der Waals surface area contributed by atoms with E-state index in [1.54, 1.807) is 83.4 Å². The zero-order valence-corrected chi connectivity index (χ0v) is 62.4. The van der Waals surface area contributed by atoms with E-state index in [-0.39, 0.29) is 72.2 Å². The summed E-state index contributed by atoms with van der Waals surface area (Å²) in [7, 11) is 9.62. The van der Waals surface area contributed by atoms with Crippen molar-refractivity contribution in [1.29, 1.82) is 0 Å². The molecule has 544 valence electrons. The lowest BCUT2D eigenvalue weighted by molar-refractivity contribution is -0.686. The fraction of sp³-hybridized carbons (Fsp3) is 0.250. The Morgan fingerprint density at radius 2 is 1.01 bits per heavy atom. The lowest BCUT2D eigenvalue weighted by Crippen LogP contribution is -3.00. The first-order valence-electron chi connectivity index (χ1n) is 34.4. The molecule has 22 heteroatoms. The van der Waals surface area contributed by atoms with Crippen LogP contribution in [0.4, 0.5) is 13.2 Å². The number of carbonyl (C=O) groups excluding carboxylic acids is 1. The molecule has 0 aliphatic carbocycles. The molecule has 0 N–H and O–H groups in total. The first-order valence-corrected chi connectivity index (χ1v) is 35.5. The number of ketones is 1. The number of fused-ring (bicyclic) bond motifs is 15. The molecule has 0 bridgehead atoms. The topological polar surface area (TPSA) is 157 Å². The number of benzene rings is 9. The Kier molecular flexibility index (Phi) is 20.9. The van der Waals surface area contributed by atoms with Crippen LogP contribution in [-0.2, 0) is 55.3 Å². The van der Waals surface area contributed by atoms with Gasteiger partial charge in [0.15, 0.2) is 81.7 Å². The summed E-state index contributed by atoms with van der Waals surface area (Å²) < 4.78 is 113. The van der Waals surface area contributed by atoms with Gasteiger partial charge in [-0.1, -0.05) is 76.6 Å². The molecular formula is C84H74Br2F3N3O14. The molecule has 1 unspecified atom stereocenters. The molecule has 106 heavy (non-hydrogen) atoms. The average molecular weight is 1570 g/mol. The van der Waals surface area contributed by atoms with Crippen LogP contribution in [-0.4, -0.2) is 84.8 Å². The van der Waals surface area contributed by atoms with Gasteiger partial charge in [-0.15, -0.1) is 0 Å². The summed E-state index contributed by atoms with van der Waals surface area (Å²) in [5.41, 5.74) is 15.3. The van der Waals surface area contributed by atoms with E-state index >= 15 is 0 Å². The second kappa shape index (κ2) is 30.7. The van der Waals surface area contributed by atoms with E-state index in [0.29, 0.717) is 111 Å². The highest BCUT2D eigenvalue weighted by Crippen LogP contribution is 2.52. The monoisotopic (exact) mass is 1560 g/mol. The highest BCUT2D eigenvalue weighted by molar-refractivity contribution is 9.08. The van der Waals surface area contributed by atoms with Crippen LogP contribution in [0, 0.1) is 17.5 Å². The third kappa shape index (κ3) is 13.3. The van der Waals surface area contributed by atoms with Gasteiger partial charge in [-0.05, 0) is 161 Å². The minimum Gasteiger partial charge on any atom is -1.00 e. The predicted molar refractivity (Wildman–Crippen MR) is 395 cm³/mol. The summed E-state index contributed by atoms with van der Waals surface area (Å²) in [6, 6.07) is 44.0. The zero-order chi connectivity index (χ0) is 72.7. The molecule has 11 aromatic rings. The number of Topliss-reactive ketones (excluding diaryl/α,β-unsaturated/α-hetero) is 1. The van der Waals surface area contributed by atoms with Gasteiger partial charge in [-0.25, -0.2) is 13.2 Å². The van der Waals surface area contributed by atoms with Crippen molar-refractivity contribution in [2.75, 3.05) is 69.6 Å². The van der Waals surface area contributed by atoms with Gasteiger partial charge in [-0.3, -0.25) is 9.59 Å². The number of carbonyl (C=O) groups is 1. The van der Waals surface area contributed by atoms with Crippen LogP contribution in [0.1, 0.15) is 80.6 Å². The van der Waals surface area contributed by atoms with Gasteiger partial charge in [0.05, 0.1) is 70.7 Å². The first-order chi connectivity index (χ1) is 51.2. The van der Waals surface area contributed by atoms with E-state index in [1.807, 2.05) is 66.7 Å². The Hall–Kier alpha value is -10.8. The van der Waals surface area contributed by atoms with Crippen LogP contribution in [0.3, 0.4) is 0 Å². The summed E-state index contributed by atoms with van der Waals surface area (Å²) in [5, 5.41) is 3.67. The number of rotatable bonds is 13. The lowest BCUT2D eigenvalue weighted by Gasteiger charge is -2.43. The Bertz CT molecular complexity index is 5400. The number of methoxy groups -OCH3 is 6. The Morgan fingerprint density at radius 3 is 1.56 bits per heavy atom. The zero-order valence-electron chi connectivity index (χ0n) is 59.2. The van der Waals surface area contributed by atoms with Crippen LogP contribution in [0.25, 0.3) is 55.8 Å². The number of aromatic nitrogens is 2. The maximum Gasteiger partial charge on any atom is 0.262 e. The molecule has 0 amide bonds.